The molecule has 3 atom stereocenters. The van der Waals surface area contributed by atoms with E-state index in [1.54, 1.807) is 0 Å². The highest BCUT2D eigenvalue weighted by Crippen LogP contribution is 2.13. The molecule has 17 heavy (non-hydrogen) atoms. The van der Waals surface area contributed by atoms with Crippen molar-refractivity contribution < 1.29 is 14.6 Å². The molecule has 1 amide bonds. The minimum atomic E-state index is -0.441. The average Bonchev–Trinajstić information content (AvgIpc) is 2.75. The molecule has 0 spiro atoms. The molecule has 1 saturated heterocycles. The second-order valence-corrected chi connectivity index (χ2v) is 4.50. The third-order valence-corrected chi connectivity index (χ3v) is 3.02. The predicted octanol–water partition coefficient (Wildman–Crippen LogP) is -0.112. The Morgan fingerprint density at radius 3 is 2.88 bits per heavy atom. The van der Waals surface area contributed by atoms with Gasteiger partial charge < -0.3 is 20.5 Å². The number of hydrogen-bond acceptors (Lipinski definition) is 4. The minimum absolute atomic E-state index is 0.0244. The van der Waals surface area contributed by atoms with Crippen LogP contribution in [0.15, 0.2) is 0 Å². The maximum Gasteiger partial charge on any atom is 0.227 e. The molecule has 3 N–H and O–H groups in total. The SMILES string of the molecule is CCCC(O)CNC(=O)C1COCC1NCC. The largest absolute Gasteiger partial charge is 0.391 e. The summed E-state index contributed by atoms with van der Waals surface area (Å²) < 4.78 is 5.31. The fourth-order valence-electron chi connectivity index (χ4n) is 2.06. The van der Waals surface area contributed by atoms with Gasteiger partial charge in [-0.05, 0) is 13.0 Å². The maximum absolute atomic E-state index is 11.9. The third kappa shape index (κ3) is 4.61. The predicted molar refractivity (Wildman–Crippen MR) is 65.7 cm³/mol. The van der Waals surface area contributed by atoms with Crippen LogP contribution in [0, 0.1) is 5.92 Å². The number of carbonyl (C=O) groups is 1. The first-order chi connectivity index (χ1) is 8.19. The Morgan fingerprint density at radius 1 is 1.47 bits per heavy atom. The first kappa shape index (κ1) is 14.4. The lowest BCUT2D eigenvalue weighted by Gasteiger charge is -2.19. The molecule has 1 aliphatic rings. The topological polar surface area (TPSA) is 70.6 Å². The Morgan fingerprint density at radius 2 is 2.24 bits per heavy atom. The Kier molecular flexibility index (Phi) is 6.47. The molecule has 0 bridgehead atoms. The summed E-state index contributed by atoms with van der Waals surface area (Å²) in [4.78, 5) is 11.9. The number of hydrogen-bond donors (Lipinski definition) is 3. The molecule has 0 aromatic carbocycles. The van der Waals surface area contributed by atoms with E-state index in [1.807, 2.05) is 13.8 Å². The summed E-state index contributed by atoms with van der Waals surface area (Å²) in [5.41, 5.74) is 0. The summed E-state index contributed by atoms with van der Waals surface area (Å²) in [6.45, 7) is 6.24. The van der Waals surface area contributed by atoms with E-state index in [-0.39, 0.29) is 17.9 Å². The Labute approximate surface area is 103 Å². The van der Waals surface area contributed by atoms with Gasteiger partial charge >= 0.3 is 0 Å². The molecule has 1 fully saturated rings. The van der Waals surface area contributed by atoms with Crippen LogP contribution in [0.2, 0.25) is 0 Å². The number of aliphatic hydroxyl groups excluding tert-OH is 1. The van der Waals surface area contributed by atoms with Gasteiger partial charge in [0.25, 0.3) is 0 Å². The van der Waals surface area contributed by atoms with Crippen molar-refractivity contribution in [1.82, 2.24) is 10.6 Å². The lowest BCUT2D eigenvalue weighted by molar-refractivity contribution is -0.125. The standard InChI is InChI=1S/C12H24N2O3/c1-3-5-9(15)6-14-12(16)10-7-17-8-11(10)13-4-2/h9-11,13,15H,3-8H2,1-2H3,(H,14,16). The number of nitrogens with one attached hydrogen (secondary N) is 2. The lowest BCUT2D eigenvalue weighted by Crippen LogP contribution is -2.45. The molecular formula is C12H24N2O3. The Balaban J connectivity index is 2.31. The first-order valence-corrected chi connectivity index (χ1v) is 6.45. The number of likely N-dealkylation sites (N-methyl/N-ethyl adjacent to an activating group) is 1. The fraction of sp³-hybridized carbons (Fsp3) is 0.917. The monoisotopic (exact) mass is 244 g/mol. The second kappa shape index (κ2) is 7.63. The maximum atomic E-state index is 11.9. The molecule has 0 saturated carbocycles. The quantitative estimate of drug-likeness (QED) is 0.584. The fourth-order valence-corrected chi connectivity index (χ4v) is 2.06. The molecule has 0 aliphatic carbocycles. The van der Waals surface area contributed by atoms with Gasteiger partial charge in [-0.15, -0.1) is 0 Å². The Hall–Kier alpha value is -0.650. The number of ether oxygens (including phenoxy) is 1. The van der Waals surface area contributed by atoms with E-state index < -0.39 is 6.10 Å². The van der Waals surface area contributed by atoms with Crippen molar-refractivity contribution in [1.29, 1.82) is 0 Å². The van der Waals surface area contributed by atoms with Crippen LogP contribution in [0.4, 0.5) is 0 Å². The van der Waals surface area contributed by atoms with Crippen molar-refractivity contribution in [3.05, 3.63) is 0 Å². The second-order valence-electron chi connectivity index (χ2n) is 4.50. The van der Waals surface area contributed by atoms with Crippen LogP contribution < -0.4 is 10.6 Å². The van der Waals surface area contributed by atoms with E-state index in [9.17, 15) is 9.90 Å². The highest BCUT2D eigenvalue weighted by molar-refractivity contribution is 5.79. The van der Waals surface area contributed by atoms with Crippen LogP contribution >= 0.6 is 0 Å². The number of aliphatic hydroxyl groups is 1. The number of rotatable bonds is 7. The van der Waals surface area contributed by atoms with Crippen molar-refractivity contribution >= 4 is 5.91 Å². The number of amides is 1. The molecule has 3 unspecified atom stereocenters. The summed E-state index contributed by atoms with van der Waals surface area (Å²) >= 11 is 0. The van der Waals surface area contributed by atoms with Crippen LogP contribution in [0.5, 0.6) is 0 Å². The summed E-state index contributed by atoms with van der Waals surface area (Å²) in [5, 5.41) is 15.6. The molecule has 1 rings (SSSR count). The first-order valence-electron chi connectivity index (χ1n) is 6.45. The van der Waals surface area contributed by atoms with Gasteiger partial charge in [-0.1, -0.05) is 20.3 Å². The third-order valence-electron chi connectivity index (χ3n) is 3.02. The molecule has 1 aliphatic heterocycles. The van der Waals surface area contributed by atoms with Gasteiger partial charge in [0.1, 0.15) is 0 Å². The molecule has 0 aromatic heterocycles. The van der Waals surface area contributed by atoms with Crippen molar-refractivity contribution in [2.24, 2.45) is 5.92 Å². The van der Waals surface area contributed by atoms with Crippen LogP contribution in [0.25, 0.3) is 0 Å². The molecular weight excluding hydrogens is 220 g/mol. The van der Waals surface area contributed by atoms with Crippen molar-refractivity contribution in [2.45, 2.75) is 38.8 Å². The van der Waals surface area contributed by atoms with Gasteiger partial charge in [-0.3, -0.25) is 4.79 Å². The summed E-state index contributed by atoms with van der Waals surface area (Å²) in [6, 6.07) is 0.100. The van der Waals surface area contributed by atoms with Crippen LogP contribution in [0.1, 0.15) is 26.7 Å². The zero-order valence-electron chi connectivity index (χ0n) is 10.7. The van der Waals surface area contributed by atoms with Crippen molar-refractivity contribution in [3.63, 3.8) is 0 Å². The minimum Gasteiger partial charge on any atom is -0.391 e. The van der Waals surface area contributed by atoms with E-state index in [1.165, 1.54) is 0 Å². The normalized spacial score (nSPS) is 25.8. The molecule has 5 heteroatoms. The van der Waals surface area contributed by atoms with E-state index in [4.69, 9.17) is 4.74 Å². The van der Waals surface area contributed by atoms with Crippen LogP contribution in [-0.2, 0) is 9.53 Å². The molecule has 0 radical (unpaired) electrons. The molecule has 0 aromatic rings. The zero-order chi connectivity index (χ0) is 12.7. The van der Waals surface area contributed by atoms with Gasteiger partial charge in [0.05, 0.1) is 25.2 Å². The highest BCUT2D eigenvalue weighted by Gasteiger charge is 2.33. The molecule has 100 valence electrons. The molecule has 1 heterocycles. The van der Waals surface area contributed by atoms with E-state index in [2.05, 4.69) is 10.6 Å². The highest BCUT2D eigenvalue weighted by atomic mass is 16.5. The van der Waals surface area contributed by atoms with Gasteiger partial charge in [0.2, 0.25) is 5.91 Å². The van der Waals surface area contributed by atoms with E-state index >= 15 is 0 Å². The summed E-state index contributed by atoms with van der Waals surface area (Å²) in [7, 11) is 0. The average molecular weight is 244 g/mol. The van der Waals surface area contributed by atoms with Crippen LogP contribution in [-0.4, -0.2) is 49.5 Å². The van der Waals surface area contributed by atoms with E-state index in [0.29, 0.717) is 19.8 Å². The smallest absolute Gasteiger partial charge is 0.227 e. The van der Waals surface area contributed by atoms with Crippen LogP contribution in [0.3, 0.4) is 0 Å². The van der Waals surface area contributed by atoms with E-state index in [0.717, 1.165) is 19.4 Å². The summed E-state index contributed by atoms with van der Waals surface area (Å²) in [5.74, 6) is -0.160. The number of carbonyl (C=O) groups excluding carboxylic acids is 1. The van der Waals surface area contributed by atoms with Crippen molar-refractivity contribution in [3.8, 4) is 0 Å². The Bertz CT molecular complexity index is 236. The van der Waals surface area contributed by atoms with Crippen molar-refractivity contribution in [2.75, 3.05) is 26.3 Å². The lowest BCUT2D eigenvalue weighted by atomic mass is 10.0. The molecule has 5 nitrogen and oxygen atoms in total. The van der Waals surface area contributed by atoms with Gasteiger partial charge in [-0.2, -0.15) is 0 Å². The van der Waals surface area contributed by atoms with Gasteiger partial charge in [0, 0.05) is 12.6 Å². The van der Waals surface area contributed by atoms with Gasteiger partial charge in [-0.25, -0.2) is 0 Å². The summed E-state index contributed by atoms with van der Waals surface area (Å²) in [6.07, 6.45) is 1.20. The van der Waals surface area contributed by atoms with Gasteiger partial charge in [0.15, 0.2) is 0 Å². The zero-order valence-corrected chi connectivity index (χ0v) is 10.7.